The Morgan fingerprint density at radius 2 is 1.88 bits per heavy atom. The lowest BCUT2D eigenvalue weighted by molar-refractivity contribution is -0.167. The lowest BCUT2D eigenvalue weighted by Gasteiger charge is -2.59. The maximum atomic E-state index is 11.9. The van der Waals surface area contributed by atoms with E-state index >= 15 is 0 Å². The summed E-state index contributed by atoms with van der Waals surface area (Å²) < 4.78 is 6.02. The van der Waals surface area contributed by atoms with E-state index < -0.39 is 0 Å². The van der Waals surface area contributed by atoms with Crippen molar-refractivity contribution in [2.75, 3.05) is 0 Å². The van der Waals surface area contributed by atoms with Gasteiger partial charge in [-0.25, -0.2) is 0 Å². The number of aliphatic hydroxyl groups excluding tert-OH is 1. The summed E-state index contributed by atoms with van der Waals surface area (Å²) in [5.41, 5.74) is 1.85. The first-order valence-electron chi connectivity index (χ1n) is 10.5. The van der Waals surface area contributed by atoms with Gasteiger partial charge in [-0.2, -0.15) is 0 Å². The molecule has 1 aliphatic heterocycles. The maximum absolute atomic E-state index is 11.9. The van der Waals surface area contributed by atoms with Crippen LogP contribution < -0.4 is 0 Å². The van der Waals surface area contributed by atoms with Crippen molar-refractivity contribution in [2.24, 2.45) is 28.6 Å². The molecule has 3 nitrogen and oxygen atoms in total. The van der Waals surface area contributed by atoms with Crippen LogP contribution in [-0.4, -0.2) is 22.8 Å². The zero-order chi connectivity index (χ0) is 17.4. The number of carbonyl (C=O) groups is 1. The molecule has 1 saturated heterocycles. The molecule has 5 aliphatic rings. The van der Waals surface area contributed by atoms with Crippen LogP contribution in [0.5, 0.6) is 0 Å². The second kappa shape index (κ2) is 5.12. The van der Waals surface area contributed by atoms with Gasteiger partial charge in [0.25, 0.3) is 0 Å². The Morgan fingerprint density at radius 3 is 2.64 bits per heavy atom. The summed E-state index contributed by atoms with van der Waals surface area (Å²) in [5.74, 6) is 2.22. The fraction of sp³-hybridized carbons (Fsp3) is 0.864. The summed E-state index contributed by atoms with van der Waals surface area (Å²) in [6.45, 7) is 4.91. The quantitative estimate of drug-likeness (QED) is 0.524. The molecule has 3 heteroatoms. The van der Waals surface area contributed by atoms with E-state index in [-0.39, 0.29) is 23.1 Å². The van der Waals surface area contributed by atoms with Crippen LogP contribution in [0, 0.1) is 28.6 Å². The van der Waals surface area contributed by atoms with Crippen LogP contribution in [0.1, 0.15) is 78.1 Å². The van der Waals surface area contributed by atoms with E-state index in [0.717, 1.165) is 43.9 Å². The highest BCUT2D eigenvalue weighted by molar-refractivity contribution is 5.72. The molecule has 4 aliphatic carbocycles. The minimum absolute atomic E-state index is 0.0306. The van der Waals surface area contributed by atoms with Crippen molar-refractivity contribution < 1.29 is 14.6 Å². The van der Waals surface area contributed by atoms with Gasteiger partial charge < -0.3 is 9.84 Å². The lowest BCUT2D eigenvalue weighted by Crippen LogP contribution is -2.54. The minimum atomic E-state index is -0.159. The number of carbonyl (C=O) groups excluding carboxylic acids is 1. The summed E-state index contributed by atoms with van der Waals surface area (Å²) in [7, 11) is 0. The number of allylic oxidation sites excluding steroid dienone is 1. The van der Waals surface area contributed by atoms with Crippen LogP contribution in [0.15, 0.2) is 11.6 Å². The molecule has 0 amide bonds. The molecule has 138 valence electrons. The molecule has 4 fully saturated rings. The van der Waals surface area contributed by atoms with Crippen LogP contribution in [0.25, 0.3) is 0 Å². The predicted octanol–water partition coefficient (Wildman–Crippen LogP) is 4.39. The predicted molar refractivity (Wildman–Crippen MR) is 95.8 cm³/mol. The third-order valence-corrected chi connectivity index (χ3v) is 9.41. The van der Waals surface area contributed by atoms with Crippen molar-refractivity contribution in [2.45, 2.75) is 89.8 Å². The number of fused-ring (bicyclic) bond motifs is 6. The minimum Gasteiger partial charge on any atom is -0.458 e. The summed E-state index contributed by atoms with van der Waals surface area (Å²) in [6, 6.07) is 0. The number of aliphatic hydroxyl groups is 1. The monoisotopic (exact) mass is 344 g/mol. The number of ether oxygens (including phenoxy) is 1. The SMILES string of the molecule is C[C@]12CC[C@@H](O)CC1=CC[C@@H]1[C@H]2CC[C@]2(C)[C@H]1CC[C@@]21CCC(=O)O1. The Bertz CT molecular complexity index is 639. The number of hydrogen-bond acceptors (Lipinski definition) is 3. The largest absolute Gasteiger partial charge is 0.458 e. The van der Waals surface area contributed by atoms with E-state index in [1.54, 1.807) is 0 Å². The van der Waals surface area contributed by atoms with Crippen LogP contribution in [-0.2, 0) is 9.53 Å². The molecule has 25 heavy (non-hydrogen) atoms. The zero-order valence-electron chi connectivity index (χ0n) is 15.7. The van der Waals surface area contributed by atoms with Crippen LogP contribution >= 0.6 is 0 Å². The van der Waals surface area contributed by atoms with E-state index in [0.29, 0.717) is 17.8 Å². The molecule has 0 aromatic rings. The van der Waals surface area contributed by atoms with Gasteiger partial charge in [0.1, 0.15) is 5.60 Å². The first kappa shape index (κ1) is 16.4. The molecule has 0 bridgehead atoms. The number of rotatable bonds is 0. The van der Waals surface area contributed by atoms with Crippen molar-refractivity contribution in [3.63, 3.8) is 0 Å². The normalized spacial score (nSPS) is 54.5. The highest BCUT2D eigenvalue weighted by Gasteiger charge is 2.66. The van der Waals surface area contributed by atoms with Crippen molar-refractivity contribution in [3.05, 3.63) is 11.6 Å². The molecule has 0 aromatic carbocycles. The van der Waals surface area contributed by atoms with E-state index in [2.05, 4.69) is 19.9 Å². The van der Waals surface area contributed by atoms with E-state index in [4.69, 9.17) is 4.74 Å². The molecule has 7 atom stereocenters. The number of hydrogen-bond donors (Lipinski definition) is 1. The van der Waals surface area contributed by atoms with Crippen LogP contribution in [0.3, 0.4) is 0 Å². The van der Waals surface area contributed by atoms with Crippen molar-refractivity contribution in [3.8, 4) is 0 Å². The van der Waals surface area contributed by atoms with E-state index in [9.17, 15) is 9.90 Å². The first-order chi connectivity index (χ1) is 11.9. The van der Waals surface area contributed by atoms with Gasteiger partial charge in [-0.15, -0.1) is 0 Å². The van der Waals surface area contributed by atoms with Gasteiger partial charge in [-0.05, 0) is 81.0 Å². The molecule has 1 N–H and O–H groups in total. The second-order valence-corrected chi connectivity index (χ2v) is 10.1. The topological polar surface area (TPSA) is 46.5 Å². The molecule has 3 saturated carbocycles. The number of esters is 1. The molecular weight excluding hydrogens is 312 g/mol. The Labute approximate surface area is 151 Å². The smallest absolute Gasteiger partial charge is 0.306 e. The van der Waals surface area contributed by atoms with Crippen LogP contribution in [0.2, 0.25) is 0 Å². The highest BCUT2D eigenvalue weighted by Crippen LogP contribution is 2.69. The average molecular weight is 344 g/mol. The van der Waals surface area contributed by atoms with Gasteiger partial charge in [-0.3, -0.25) is 4.79 Å². The summed E-state index contributed by atoms with van der Waals surface area (Å²) >= 11 is 0. The first-order valence-corrected chi connectivity index (χ1v) is 10.5. The van der Waals surface area contributed by atoms with Gasteiger partial charge >= 0.3 is 5.97 Å². The van der Waals surface area contributed by atoms with Crippen molar-refractivity contribution >= 4 is 5.97 Å². The van der Waals surface area contributed by atoms with Crippen molar-refractivity contribution in [1.82, 2.24) is 0 Å². The molecule has 5 rings (SSSR count). The van der Waals surface area contributed by atoms with Crippen LogP contribution in [0.4, 0.5) is 0 Å². The molecule has 1 heterocycles. The second-order valence-electron chi connectivity index (χ2n) is 10.1. The standard InChI is InChI=1S/C22H32O3/c1-20-9-5-15(23)13-14(20)3-4-16-17(20)6-10-21(2)18(16)7-11-22(21)12-8-19(24)25-22/h3,15-18,23H,4-13H2,1-2H3/t15-,16-,17-,18+,20+,21-,22-/m1/s1. The molecule has 0 radical (unpaired) electrons. The maximum Gasteiger partial charge on any atom is 0.306 e. The Balaban J connectivity index is 1.49. The molecule has 0 unspecified atom stereocenters. The molecule has 1 spiro atoms. The Kier molecular flexibility index (Phi) is 3.35. The highest BCUT2D eigenvalue weighted by atomic mass is 16.6. The zero-order valence-corrected chi connectivity index (χ0v) is 15.7. The van der Waals surface area contributed by atoms with E-state index in [1.165, 1.54) is 31.3 Å². The fourth-order valence-corrected chi connectivity index (χ4v) is 7.94. The van der Waals surface area contributed by atoms with Crippen molar-refractivity contribution in [1.29, 1.82) is 0 Å². The average Bonchev–Trinajstić information content (AvgIpc) is 3.10. The molecule has 0 aromatic heterocycles. The summed E-state index contributed by atoms with van der Waals surface area (Å²) in [6.07, 6.45) is 12.9. The Hall–Kier alpha value is -0.830. The van der Waals surface area contributed by atoms with Gasteiger partial charge in [0.2, 0.25) is 0 Å². The molecular formula is C22H32O3. The van der Waals surface area contributed by atoms with Gasteiger partial charge in [0, 0.05) is 11.8 Å². The van der Waals surface area contributed by atoms with Gasteiger partial charge in [0.05, 0.1) is 6.10 Å². The fourth-order valence-electron chi connectivity index (χ4n) is 7.94. The summed E-state index contributed by atoms with van der Waals surface area (Å²) in [5, 5.41) is 10.1. The van der Waals surface area contributed by atoms with Gasteiger partial charge in [0.15, 0.2) is 0 Å². The lowest BCUT2D eigenvalue weighted by atomic mass is 9.47. The third-order valence-electron chi connectivity index (χ3n) is 9.41. The van der Waals surface area contributed by atoms with E-state index in [1.807, 2.05) is 0 Å². The summed E-state index contributed by atoms with van der Waals surface area (Å²) in [4.78, 5) is 11.9. The third kappa shape index (κ3) is 1.99. The Morgan fingerprint density at radius 1 is 1.08 bits per heavy atom. The van der Waals surface area contributed by atoms with Gasteiger partial charge in [-0.1, -0.05) is 25.5 Å².